The molecule has 0 radical (unpaired) electrons. The Bertz CT molecular complexity index is 526. The van der Waals surface area contributed by atoms with Crippen LogP contribution in [0.15, 0.2) is 5.16 Å². The normalized spacial score (nSPS) is 25.2. The van der Waals surface area contributed by atoms with Crippen molar-refractivity contribution in [2.24, 2.45) is 5.92 Å². The van der Waals surface area contributed by atoms with E-state index >= 15 is 0 Å². The lowest BCUT2D eigenvalue weighted by Gasteiger charge is -2.29. The Balaban J connectivity index is 1.52. The third-order valence-electron chi connectivity index (χ3n) is 4.79. The largest absolute Gasteiger partial charge is 0.352 e. The van der Waals surface area contributed by atoms with Crippen molar-refractivity contribution in [2.45, 2.75) is 76.0 Å². The van der Waals surface area contributed by atoms with E-state index in [-0.39, 0.29) is 5.91 Å². The second-order valence-electron chi connectivity index (χ2n) is 6.58. The summed E-state index contributed by atoms with van der Waals surface area (Å²) in [6.45, 7) is 5.23. The maximum Gasteiger partial charge on any atom is 0.230 e. The molecule has 0 saturated heterocycles. The molecule has 0 unspecified atom stereocenters. The molecule has 2 aliphatic carbocycles. The van der Waals surface area contributed by atoms with Crippen LogP contribution in [0.1, 0.15) is 64.1 Å². The van der Waals surface area contributed by atoms with Crippen LogP contribution in [0.4, 0.5) is 0 Å². The Morgan fingerprint density at radius 2 is 2.05 bits per heavy atom. The minimum atomic E-state index is 0.127. The van der Waals surface area contributed by atoms with Gasteiger partial charge in [0.1, 0.15) is 5.82 Å². The van der Waals surface area contributed by atoms with Gasteiger partial charge in [0.2, 0.25) is 5.91 Å². The van der Waals surface area contributed by atoms with Gasteiger partial charge in [-0.1, -0.05) is 31.5 Å². The molecule has 2 fully saturated rings. The molecule has 0 aliphatic heterocycles. The summed E-state index contributed by atoms with van der Waals surface area (Å²) < 4.78 is 2.17. The number of rotatable bonds is 6. The Kier molecular flexibility index (Phi) is 5.06. The second-order valence-corrected chi connectivity index (χ2v) is 7.53. The molecular formula is C16H26N4OS. The van der Waals surface area contributed by atoms with Gasteiger partial charge in [0.25, 0.3) is 0 Å². The molecule has 1 heterocycles. The molecule has 3 rings (SSSR count). The molecule has 1 N–H and O–H groups in total. The molecule has 0 spiro atoms. The molecular weight excluding hydrogens is 296 g/mol. The van der Waals surface area contributed by atoms with Crippen LogP contribution < -0.4 is 5.32 Å². The van der Waals surface area contributed by atoms with Gasteiger partial charge in [-0.25, -0.2) is 0 Å². The van der Waals surface area contributed by atoms with Crippen molar-refractivity contribution in [1.29, 1.82) is 0 Å². The van der Waals surface area contributed by atoms with E-state index in [4.69, 9.17) is 0 Å². The van der Waals surface area contributed by atoms with E-state index in [0.717, 1.165) is 23.9 Å². The van der Waals surface area contributed by atoms with E-state index in [1.807, 2.05) is 0 Å². The number of aromatic nitrogens is 3. The van der Waals surface area contributed by atoms with Crippen LogP contribution in [0.25, 0.3) is 0 Å². The number of carbonyl (C=O) groups is 1. The number of amides is 1. The number of hydrogen-bond donors (Lipinski definition) is 1. The van der Waals surface area contributed by atoms with Crippen molar-refractivity contribution >= 4 is 17.7 Å². The zero-order chi connectivity index (χ0) is 15.5. The third kappa shape index (κ3) is 3.65. The summed E-state index contributed by atoms with van der Waals surface area (Å²) >= 11 is 1.51. The van der Waals surface area contributed by atoms with Crippen LogP contribution in [0.2, 0.25) is 0 Å². The average Bonchev–Trinajstić information content (AvgIpc) is 3.27. The van der Waals surface area contributed by atoms with Crippen molar-refractivity contribution in [1.82, 2.24) is 20.1 Å². The predicted molar refractivity (Wildman–Crippen MR) is 88.0 cm³/mol. The maximum absolute atomic E-state index is 12.2. The van der Waals surface area contributed by atoms with Crippen LogP contribution in [0.3, 0.4) is 0 Å². The monoisotopic (exact) mass is 322 g/mol. The number of nitrogens with zero attached hydrogens (tertiary/aromatic N) is 3. The Hall–Kier alpha value is -1.04. The summed E-state index contributed by atoms with van der Waals surface area (Å²) in [5, 5.41) is 12.7. The summed E-state index contributed by atoms with van der Waals surface area (Å²) in [6.07, 6.45) is 7.33. The van der Waals surface area contributed by atoms with Crippen LogP contribution in [0, 0.1) is 5.92 Å². The van der Waals surface area contributed by atoms with E-state index in [1.54, 1.807) is 0 Å². The van der Waals surface area contributed by atoms with Gasteiger partial charge in [0.05, 0.1) is 5.75 Å². The lowest BCUT2D eigenvalue weighted by atomic mass is 9.86. The predicted octanol–water partition coefficient (Wildman–Crippen LogP) is 2.96. The molecule has 2 atom stereocenters. The fraction of sp³-hybridized carbons (Fsp3) is 0.812. The van der Waals surface area contributed by atoms with Crippen LogP contribution in [-0.2, 0) is 11.3 Å². The molecule has 1 aromatic heterocycles. The number of carbonyl (C=O) groups excluding carboxylic acids is 1. The molecule has 2 saturated carbocycles. The Morgan fingerprint density at radius 1 is 1.27 bits per heavy atom. The molecule has 6 heteroatoms. The van der Waals surface area contributed by atoms with E-state index in [1.165, 1.54) is 43.9 Å². The average molecular weight is 322 g/mol. The zero-order valence-electron chi connectivity index (χ0n) is 13.5. The highest BCUT2D eigenvalue weighted by Crippen LogP contribution is 2.39. The highest BCUT2D eigenvalue weighted by molar-refractivity contribution is 7.99. The van der Waals surface area contributed by atoms with Gasteiger partial charge in [-0.2, -0.15) is 0 Å². The Morgan fingerprint density at radius 3 is 2.73 bits per heavy atom. The number of nitrogens with one attached hydrogen (secondary N) is 1. The molecule has 2 aliphatic rings. The minimum Gasteiger partial charge on any atom is -0.352 e. The van der Waals surface area contributed by atoms with Crippen LogP contribution >= 0.6 is 11.8 Å². The molecule has 0 bridgehead atoms. The zero-order valence-corrected chi connectivity index (χ0v) is 14.4. The first-order valence-electron chi connectivity index (χ1n) is 8.54. The van der Waals surface area contributed by atoms with E-state index in [2.05, 4.69) is 33.9 Å². The van der Waals surface area contributed by atoms with Crippen LogP contribution in [0.5, 0.6) is 0 Å². The van der Waals surface area contributed by atoms with Crippen molar-refractivity contribution in [3.63, 3.8) is 0 Å². The highest BCUT2D eigenvalue weighted by Gasteiger charge is 2.30. The summed E-state index contributed by atoms with van der Waals surface area (Å²) in [5.74, 6) is 2.86. The van der Waals surface area contributed by atoms with Crippen molar-refractivity contribution in [2.75, 3.05) is 5.75 Å². The lowest BCUT2D eigenvalue weighted by Crippen LogP contribution is -2.41. The van der Waals surface area contributed by atoms with E-state index < -0.39 is 0 Å². The fourth-order valence-electron chi connectivity index (χ4n) is 3.26. The summed E-state index contributed by atoms with van der Waals surface area (Å²) in [4.78, 5) is 12.2. The molecule has 5 nitrogen and oxygen atoms in total. The summed E-state index contributed by atoms with van der Waals surface area (Å²) in [7, 11) is 0. The van der Waals surface area contributed by atoms with Crippen molar-refractivity contribution in [3.8, 4) is 0 Å². The molecule has 122 valence electrons. The SMILES string of the molecule is CCn1c(SCC(=O)N[C@H]2CCCC[C@H]2C)nnc1C1CC1. The number of thioether (sulfide) groups is 1. The lowest BCUT2D eigenvalue weighted by molar-refractivity contribution is -0.119. The van der Waals surface area contributed by atoms with Gasteiger partial charge in [-0.05, 0) is 38.5 Å². The quantitative estimate of drug-likeness (QED) is 0.818. The van der Waals surface area contributed by atoms with Crippen molar-refractivity contribution in [3.05, 3.63) is 5.82 Å². The first kappa shape index (κ1) is 15.8. The number of hydrogen-bond acceptors (Lipinski definition) is 4. The van der Waals surface area contributed by atoms with Gasteiger partial charge in [0.15, 0.2) is 5.16 Å². The summed E-state index contributed by atoms with van der Waals surface area (Å²) in [6, 6.07) is 0.355. The fourth-order valence-corrected chi connectivity index (χ4v) is 4.08. The van der Waals surface area contributed by atoms with Crippen LogP contribution in [-0.4, -0.2) is 32.5 Å². The van der Waals surface area contributed by atoms with Gasteiger partial charge in [-0.3, -0.25) is 4.79 Å². The molecule has 1 amide bonds. The maximum atomic E-state index is 12.2. The van der Waals surface area contributed by atoms with Gasteiger partial charge >= 0.3 is 0 Å². The second kappa shape index (κ2) is 7.02. The first-order chi connectivity index (χ1) is 10.7. The molecule has 22 heavy (non-hydrogen) atoms. The topological polar surface area (TPSA) is 59.8 Å². The third-order valence-corrected chi connectivity index (χ3v) is 5.76. The first-order valence-corrected chi connectivity index (χ1v) is 9.52. The van der Waals surface area contributed by atoms with Gasteiger partial charge < -0.3 is 9.88 Å². The summed E-state index contributed by atoms with van der Waals surface area (Å²) in [5.41, 5.74) is 0. The smallest absolute Gasteiger partial charge is 0.230 e. The molecule has 0 aromatic carbocycles. The standard InChI is InChI=1S/C16H26N4OS/c1-3-20-15(12-8-9-12)18-19-16(20)22-10-14(21)17-13-7-5-4-6-11(13)2/h11-13H,3-10H2,1-2H3,(H,17,21)/t11-,13+/m1/s1. The highest BCUT2D eigenvalue weighted by atomic mass is 32.2. The van der Waals surface area contributed by atoms with Gasteiger partial charge in [-0.15, -0.1) is 10.2 Å². The Labute approximate surface area is 136 Å². The van der Waals surface area contributed by atoms with Crippen molar-refractivity contribution < 1.29 is 4.79 Å². The molecule has 1 aromatic rings. The minimum absolute atomic E-state index is 0.127. The van der Waals surface area contributed by atoms with Gasteiger partial charge in [0, 0.05) is 18.5 Å². The van der Waals surface area contributed by atoms with E-state index in [0.29, 0.717) is 23.6 Å². The van der Waals surface area contributed by atoms with E-state index in [9.17, 15) is 4.79 Å².